The van der Waals surface area contributed by atoms with Gasteiger partial charge in [-0.05, 0) is 37.6 Å². The number of halogens is 1. The lowest BCUT2D eigenvalue weighted by molar-refractivity contribution is -0.122. The lowest BCUT2D eigenvalue weighted by Gasteiger charge is -2.13. The molecule has 0 saturated carbocycles. The van der Waals surface area contributed by atoms with Crippen LogP contribution >= 0.6 is 0 Å². The van der Waals surface area contributed by atoms with Crippen LogP contribution in [0.4, 0.5) is 4.39 Å². The van der Waals surface area contributed by atoms with Gasteiger partial charge >= 0.3 is 0 Å². The predicted molar refractivity (Wildman–Crippen MR) is 60.7 cm³/mol. The molecular formula is C13H16FNO. The zero-order valence-electron chi connectivity index (χ0n) is 9.37. The summed E-state index contributed by atoms with van der Waals surface area (Å²) in [5, 5.41) is 3.25. The van der Waals surface area contributed by atoms with Crippen LogP contribution in [0.2, 0.25) is 0 Å². The fourth-order valence-electron chi connectivity index (χ4n) is 2.28. The van der Waals surface area contributed by atoms with Gasteiger partial charge in [-0.1, -0.05) is 12.1 Å². The van der Waals surface area contributed by atoms with Gasteiger partial charge in [-0.25, -0.2) is 4.39 Å². The third-order valence-electron chi connectivity index (χ3n) is 3.21. The molecule has 0 radical (unpaired) electrons. The second-order valence-electron chi connectivity index (χ2n) is 4.41. The second kappa shape index (κ2) is 4.74. The van der Waals surface area contributed by atoms with Gasteiger partial charge in [0.2, 0.25) is 0 Å². The maximum Gasteiger partial charge on any atom is 0.141 e. The van der Waals surface area contributed by atoms with E-state index in [1.807, 2.05) is 6.92 Å². The minimum absolute atomic E-state index is 0.0864. The number of hydrogen-bond acceptors (Lipinski definition) is 2. The van der Waals surface area contributed by atoms with Crippen molar-refractivity contribution in [2.45, 2.75) is 25.8 Å². The minimum atomic E-state index is -0.275. The molecule has 2 nitrogen and oxygen atoms in total. The smallest absolute Gasteiger partial charge is 0.141 e. The summed E-state index contributed by atoms with van der Waals surface area (Å²) >= 11 is 0. The van der Waals surface area contributed by atoms with Gasteiger partial charge in [-0.2, -0.15) is 0 Å². The van der Waals surface area contributed by atoms with Gasteiger partial charge in [0, 0.05) is 18.4 Å². The normalized spacial score (nSPS) is 24.6. The Morgan fingerprint density at radius 2 is 2.38 bits per heavy atom. The van der Waals surface area contributed by atoms with Crippen molar-refractivity contribution in [2.75, 3.05) is 6.54 Å². The largest absolute Gasteiger partial charge is 0.314 e. The fourth-order valence-corrected chi connectivity index (χ4v) is 2.28. The van der Waals surface area contributed by atoms with Crippen LogP contribution < -0.4 is 5.32 Å². The van der Waals surface area contributed by atoms with E-state index in [1.165, 1.54) is 12.1 Å². The van der Waals surface area contributed by atoms with Crippen LogP contribution in [0.25, 0.3) is 0 Å². The zero-order chi connectivity index (χ0) is 11.5. The van der Waals surface area contributed by atoms with Crippen molar-refractivity contribution in [3.05, 3.63) is 35.6 Å². The monoisotopic (exact) mass is 221 g/mol. The van der Waals surface area contributed by atoms with E-state index in [9.17, 15) is 9.18 Å². The molecular weight excluding hydrogens is 205 g/mol. The predicted octanol–water partition coefficient (Wildman–Crippen LogP) is 1.94. The highest BCUT2D eigenvalue weighted by Gasteiger charge is 2.28. The molecule has 3 heteroatoms. The molecule has 2 unspecified atom stereocenters. The van der Waals surface area contributed by atoms with Gasteiger partial charge in [0.15, 0.2) is 0 Å². The Bertz CT molecular complexity index is 391. The molecule has 1 N–H and O–H groups in total. The number of carbonyl (C=O) groups is 1. The Labute approximate surface area is 94.9 Å². The molecule has 0 bridgehead atoms. The van der Waals surface area contributed by atoms with Gasteiger partial charge in [-0.15, -0.1) is 0 Å². The van der Waals surface area contributed by atoms with Crippen LogP contribution in [0.3, 0.4) is 0 Å². The summed E-state index contributed by atoms with van der Waals surface area (Å²) < 4.78 is 12.9. The first-order valence-electron chi connectivity index (χ1n) is 5.67. The van der Waals surface area contributed by atoms with Crippen LogP contribution in [-0.4, -0.2) is 18.4 Å². The highest BCUT2D eigenvalue weighted by molar-refractivity contribution is 5.84. The third-order valence-corrected chi connectivity index (χ3v) is 3.21. The van der Waals surface area contributed by atoms with E-state index >= 15 is 0 Å². The lowest BCUT2D eigenvalue weighted by atomic mass is 9.92. The highest BCUT2D eigenvalue weighted by Crippen LogP contribution is 2.18. The molecule has 0 aliphatic carbocycles. The van der Waals surface area contributed by atoms with E-state index < -0.39 is 0 Å². The van der Waals surface area contributed by atoms with Crippen molar-refractivity contribution in [3.63, 3.8) is 0 Å². The minimum Gasteiger partial charge on any atom is -0.314 e. The Morgan fingerprint density at radius 3 is 3.00 bits per heavy atom. The molecule has 1 fully saturated rings. The first-order valence-corrected chi connectivity index (χ1v) is 5.67. The molecule has 0 spiro atoms. The number of hydrogen-bond donors (Lipinski definition) is 1. The zero-order valence-corrected chi connectivity index (χ0v) is 9.37. The van der Waals surface area contributed by atoms with Crippen molar-refractivity contribution in [1.29, 1.82) is 0 Å². The molecule has 16 heavy (non-hydrogen) atoms. The average molecular weight is 221 g/mol. The molecule has 0 amide bonds. The van der Waals surface area contributed by atoms with Gasteiger partial charge < -0.3 is 5.32 Å². The maximum atomic E-state index is 12.9. The second-order valence-corrected chi connectivity index (χ2v) is 4.41. The topological polar surface area (TPSA) is 29.1 Å². The van der Waals surface area contributed by atoms with E-state index in [0.29, 0.717) is 6.42 Å². The number of carbonyl (C=O) groups excluding carboxylic acids is 1. The quantitative estimate of drug-likeness (QED) is 0.845. The molecule has 1 saturated heterocycles. The molecule has 2 rings (SSSR count). The van der Waals surface area contributed by atoms with E-state index in [4.69, 9.17) is 0 Å². The van der Waals surface area contributed by atoms with Crippen molar-refractivity contribution < 1.29 is 9.18 Å². The maximum absolute atomic E-state index is 12.9. The molecule has 1 heterocycles. The Hall–Kier alpha value is -1.22. The summed E-state index contributed by atoms with van der Waals surface area (Å²) in [7, 11) is 0. The first-order chi connectivity index (χ1) is 7.66. The summed E-state index contributed by atoms with van der Waals surface area (Å²) in [5.41, 5.74) is 0.768. The SMILES string of the molecule is CC1NCCC1C(=O)Cc1cccc(F)c1. The third kappa shape index (κ3) is 2.47. The van der Waals surface area contributed by atoms with Gasteiger partial charge in [-0.3, -0.25) is 4.79 Å². The van der Waals surface area contributed by atoms with Crippen LogP contribution in [0.1, 0.15) is 18.9 Å². The summed E-state index contributed by atoms with van der Waals surface area (Å²) in [6.07, 6.45) is 1.24. The number of rotatable bonds is 3. The van der Waals surface area contributed by atoms with Crippen LogP contribution in [-0.2, 0) is 11.2 Å². The van der Waals surface area contributed by atoms with E-state index in [-0.39, 0.29) is 23.6 Å². The molecule has 1 aliphatic rings. The summed E-state index contributed by atoms with van der Waals surface area (Å²) in [5.74, 6) is 0.0225. The van der Waals surface area contributed by atoms with E-state index in [1.54, 1.807) is 12.1 Å². The van der Waals surface area contributed by atoms with E-state index in [0.717, 1.165) is 18.5 Å². The molecule has 1 aromatic rings. The van der Waals surface area contributed by atoms with Crippen LogP contribution in [0.15, 0.2) is 24.3 Å². The molecule has 86 valence electrons. The molecule has 1 aliphatic heterocycles. The molecule has 2 atom stereocenters. The molecule has 0 aromatic heterocycles. The summed E-state index contributed by atoms with van der Waals surface area (Å²) in [6, 6.07) is 6.53. The fraction of sp³-hybridized carbons (Fsp3) is 0.462. The summed E-state index contributed by atoms with van der Waals surface area (Å²) in [4.78, 5) is 12.0. The van der Waals surface area contributed by atoms with Gasteiger partial charge in [0.05, 0.1) is 0 Å². The van der Waals surface area contributed by atoms with Crippen molar-refractivity contribution in [2.24, 2.45) is 5.92 Å². The number of Topliss-reactive ketones (excluding diaryl/α,β-unsaturated/α-hetero) is 1. The van der Waals surface area contributed by atoms with E-state index in [2.05, 4.69) is 5.32 Å². The van der Waals surface area contributed by atoms with Crippen molar-refractivity contribution in [3.8, 4) is 0 Å². The Kier molecular flexibility index (Phi) is 3.34. The lowest BCUT2D eigenvalue weighted by Crippen LogP contribution is -2.29. The van der Waals surface area contributed by atoms with Gasteiger partial charge in [0.25, 0.3) is 0 Å². The van der Waals surface area contributed by atoms with Crippen molar-refractivity contribution >= 4 is 5.78 Å². The van der Waals surface area contributed by atoms with Crippen LogP contribution in [0, 0.1) is 11.7 Å². The first kappa shape index (κ1) is 11.3. The highest BCUT2D eigenvalue weighted by atomic mass is 19.1. The number of benzene rings is 1. The van der Waals surface area contributed by atoms with Gasteiger partial charge in [0.1, 0.15) is 11.6 Å². The standard InChI is InChI=1S/C13H16FNO/c1-9-12(5-6-15-9)13(16)8-10-3-2-4-11(14)7-10/h2-4,7,9,12,15H,5-6,8H2,1H3. The van der Waals surface area contributed by atoms with Crippen molar-refractivity contribution in [1.82, 2.24) is 5.32 Å². The number of ketones is 1. The summed E-state index contributed by atoms with van der Waals surface area (Å²) in [6.45, 7) is 2.93. The Balaban J connectivity index is 2.02. The average Bonchev–Trinajstić information content (AvgIpc) is 2.64. The van der Waals surface area contributed by atoms with Crippen LogP contribution in [0.5, 0.6) is 0 Å². The Morgan fingerprint density at radius 1 is 1.56 bits per heavy atom. The number of nitrogens with one attached hydrogen (secondary N) is 1. The molecule has 1 aromatic carbocycles.